The van der Waals surface area contributed by atoms with Crippen LogP contribution >= 0.6 is 0 Å². The number of carbonyl (C=O) groups is 1. The molecule has 0 saturated carbocycles. The normalized spacial score (nSPS) is 10.5. The van der Waals surface area contributed by atoms with Crippen LogP contribution in [0.25, 0.3) is 10.8 Å². The highest BCUT2D eigenvalue weighted by molar-refractivity contribution is 6.06. The smallest absolute Gasteiger partial charge is 0.256 e. The Morgan fingerprint density at radius 3 is 2.25 bits per heavy atom. The summed E-state index contributed by atoms with van der Waals surface area (Å²) < 4.78 is 10.5. The number of nitrogens with one attached hydrogen (secondary N) is 1. The molecule has 3 rings (SSSR count). The van der Waals surface area contributed by atoms with E-state index in [0.717, 1.165) is 22.0 Å². The van der Waals surface area contributed by atoms with E-state index in [2.05, 4.69) is 5.32 Å². The van der Waals surface area contributed by atoms with Gasteiger partial charge in [-0.3, -0.25) is 4.79 Å². The van der Waals surface area contributed by atoms with E-state index in [0.29, 0.717) is 17.1 Å². The molecule has 0 atom stereocenters. The predicted molar refractivity (Wildman–Crippen MR) is 96.2 cm³/mol. The molecule has 0 bridgehead atoms. The number of carbonyl (C=O) groups excluding carboxylic acids is 1. The number of anilines is 1. The number of hydrogen-bond acceptors (Lipinski definition) is 3. The number of fused-ring (bicyclic) bond motifs is 1. The first-order valence-corrected chi connectivity index (χ1v) is 7.65. The average Bonchev–Trinajstić information content (AvgIpc) is 2.61. The largest absolute Gasteiger partial charge is 0.493 e. The minimum Gasteiger partial charge on any atom is -0.493 e. The highest BCUT2D eigenvalue weighted by atomic mass is 16.5. The molecule has 0 saturated heterocycles. The Hall–Kier alpha value is -3.01. The summed E-state index contributed by atoms with van der Waals surface area (Å²) in [6.45, 7) is 1.87. The standard InChI is InChI=1S/C20H19NO3/c1-13-10-18(23-2)19(24-3)12-17(13)20(22)21-16-9-8-14-6-4-5-7-15(14)11-16/h4-12H,1-3H3,(H,21,22). The van der Waals surface area contributed by atoms with Crippen LogP contribution in [0.5, 0.6) is 11.5 Å². The van der Waals surface area contributed by atoms with Crippen molar-refractivity contribution in [1.82, 2.24) is 0 Å². The fraction of sp³-hybridized carbons (Fsp3) is 0.150. The van der Waals surface area contributed by atoms with Crippen molar-refractivity contribution in [2.45, 2.75) is 6.92 Å². The van der Waals surface area contributed by atoms with Gasteiger partial charge in [-0.1, -0.05) is 30.3 Å². The third-order valence-corrected chi connectivity index (χ3v) is 3.98. The van der Waals surface area contributed by atoms with Crippen molar-refractivity contribution in [2.24, 2.45) is 0 Å². The van der Waals surface area contributed by atoms with Crippen LogP contribution in [0.4, 0.5) is 5.69 Å². The quantitative estimate of drug-likeness (QED) is 0.774. The molecule has 0 fully saturated rings. The molecule has 0 unspecified atom stereocenters. The highest BCUT2D eigenvalue weighted by Gasteiger charge is 2.14. The molecule has 3 aromatic carbocycles. The zero-order valence-corrected chi connectivity index (χ0v) is 13.9. The molecule has 4 nitrogen and oxygen atoms in total. The van der Waals surface area contributed by atoms with Gasteiger partial charge in [-0.25, -0.2) is 0 Å². The van der Waals surface area contributed by atoms with E-state index in [9.17, 15) is 4.79 Å². The van der Waals surface area contributed by atoms with Gasteiger partial charge in [-0.05, 0) is 47.5 Å². The second-order valence-corrected chi connectivity index (χ2v) is 5.54. The Bertz CT molecular complexity index is 903. The number of ether oxygens (including phenoxy) is 2. The maximum atomic E-state index is 12.6. The third-order valence-electron chi connectivity index (χ3n) is 3.98. The summed E-state index contributed by atoms with van der Waals surface area (Å²) in [7, 11) is 3.13. The number of rotatable bonds is 4. The van der Waals surface area contributed by atoms with E-state index in [1.54, 1.807) is 26.4 Å². The van der Waals surface area contributed by atoms with Gasteiger partial charge in [0.1, 0.15) is 0 Å². The molecule has 1 N–H and O–H groups in total. The lowest BCUT2D eigenvalue weighted by molar-refractivity contribution is 0.102. The van der Waals surface area contributed by atoms with Gasteiger partial charge in [0.15, 0.2) is 11.5 Å². The summed E-state index contributed by atoms with van der Waals surface area (Å²) in [6, 6.07) is 17.4. The fourth-order valence-corrected chi connectivity index (χ4v) is 2.69. The first-order valence-electron chi connectivity index (χ1n) is 7.65. The first-order chi connectivity index (χ1) is 11.6. The minimum absolute atomic E-state index is 0.177. The molecule has 0 heterocycles. The van der Waals surface area contributed by atoms with Crippen molar-refractivity contribution in [3.8, 4) is 11.5 Å². The Kier molecular flexibility index (Phi) is 4.38. The minimum atomic E-state index is -0.177. The fourth-order valence-electron chi connectivity index (χ4n) is 2.69. The average molecular weight is 321 g/mol. The molecular weight excluding hydrogens is 302 g/mol. The lowest BCUT2D eigenvalue weighted by atomic mass is 10.1. The molecule has 4 heteroatoms. The molecule has 24 heavy (non-hydrogen) atoms. The monoisotopic (exact) mass is 321 g/mol. The lowest BCUT2D eigenvalue weighted by Crippen LogP contribution is -2.13. The van der Waals surface area contributed by atoms with E-state index in [1.165, 1.54) is 0 Å². The van der Waals surface area contributed by atoms with Crippen molar-refractivity contribution in [3.05, 3.63) is 65.7 Å². The summed E-state index contributed by atoms with van der Waals surface area (Å²) in [4.78, 5) is 12.6. The van der Waals surface area contributed by atoms with Crippen LogP contribution < -0.4 is 14.8 Å². The van der Waals surface area contributed by atoms with Crippen LogP contribution in [-0.2, 0) is 0 Å². The molecule has 0 spiro atoms. The molecule has 3 aromatic rings. The predicted octanol–water partition coefficient (Wildman–Crippen LogP) is 4.42. The molecule has 0 aromatic heterocycles. The zero-order valence-electron chi connectivity index (χ0n) is 13.9. The Morgan fingerprint density at radius 1 is 0.875 bits per heavy atom. The topological polar surface area (TPSA) is 47.6 Å². The number of aryl methyl sites for hydroxylation is 1. The highest BCUT2D eigenvalue weighted by Crippen LogP contribution is 2.30. The Morgan fingerprint density at radius 2 is 1.54 bits per heavy atom. The van der Waals surface area contributed by atoms with E-state index < -0.39 is 0 Å². The maximum absolute atomic E-state index is 12.6. The molecule has 0 radical (unpaired) electrons. The Balaban J connectivity index is 1.91. The van der Waals surface area contributed by atoms with Gasteiger partial charge in [0, 0.05) is 11.3 Å². The second kappa shape index (κ2) is 6.62. The van der Waals surface area contributed by atoms with E-state index in [4.69, 9.17) is 9.47 Å². The van der Waals surface area contributed by atoms with Gasteiger partial charge < -0.3 is 14.8 Å². The maximum Gasteiger partial charge on any atom is 0.256 e. The first kappa shape index (κ1) is 15.9. The number of amides is 1. The molecule has 0 aliphatic heterocycles. The van der Waals surface area contributed by atoms with Crippen molar-refractivity contribution >= 4 is 22.4 Å². The zero-order chi connectivity index (χ0) is 17.1. The van der Waals surface area contributed by atoms with Gasteiger partial charge in [0.2, 0.25) is 0 Å². The van der Waals surface area contributed by atoms with Gasteiger partial charge >= 0.3 is 0 Å². The third kappa shape index (κ3) is 3.04. The Labute approximate surface area is 141 Å². The molecule has 0 aliphatic carbocycles. The molecular formula is C20H19NO3. The van der Waals surface area contributed by atoms with Crippen LogP contribution in [0.2, 0.25) is 0 Å². The van der Waals surface area contributed by atoms with Crippen molar-refractivity contribution in [2.75, 3.05) is 19.5 Å². The van der Waals surface area contributed by atoms with Crippen LogP contribution in [0.3, 0.4) is 0 Å². The lowest BCUT2D eigenvalue weighted by Gasteiger charge is -2.13. The van der Waals surface area contributed by atoms with Crippen LogP contribution in [0.15, 0.2) is 54.6 Å². The number of hydrogen-bond donors (Lipinski definition) is 1. The summed E-state index contributed by atoms with van der Waals surface area (Å²) in [5.41, 5.74) is 2.14. The number of benzene rings is 3. The van der Waals surface area contributed by atoms with Crippen LogP contribution in [-0.4, -0.2) is 20.1 Å². The van der Waals surface area contributed by atoms with Gasteiger partial charge in [0.05, 0.1) is 14.2 Å². The number of methoxy groups -OCH3 is 2. The molecule has 122 valence electrons. The van der Waals surface area contributed by atoms with Crippen molar-refractivity contribution in [3.63, 3.8) is 0 Å². The van der Waals surface area contributed by atoms with Crippen molar-refractivity contribution in [1.29, 1.82) is 0 Å². The van der Waals surface area contributed by atoms with Gasteiger partial charge in [0.25, 0.3) is 5.91 Å². The van der Waals surface area contributed by atoms with Crippen LogP contribution in [0, 0.1) is 6.92 Å². The summed E-state index contributed by atoms with van der Waals surface area (Å²) >= 11 is 0. The second-order valence-electron chi connectivity index (χ2n) is 5.54. The summed E-state index contributed by atoms with van der Waals surface area (Å²) in [5, 5.41) is 5.16. The van der Waals surface area contributed by atoms with E-state index >= 15 is 0 Å². The summed E-state index contributed by atoms with van der Waals surface area (Å²) in [5.74, 6) is 0.966. The van der Waals surface area contributed by atoms with E-state index in [1.807, 2.05) is 49.4 Å². The van der Waals surface area contributed by atoms with E-state index in [-0.39, 0.29) is 5.91 Å². The summed E-state index contributed by atoms with van der Waals surface area (Å²) in [6.07, 6.45) is 0. The van der Waals surface area contributed by atoms with Gasteiger partial charge in [-0.15, -0.1) is 0 Å². The van der Waals surface area contributed by atoms with Crippen molar-refractivity contribution < 1.29 is 14.3 Å². The van der Waals surface area contributed by atoms with Gasteiger partial charge in [-0.2, -0.15) is 0 Å². The molecule has 1 amide bonds. The molecule has 0 aliphatic rings. The van der Waals surface area contributed by atoms with Crippen LogP contribution in [0.1, 0.15) is 15.9 Å². The SMILES string of the molecule is COc1cc(C)c(C(=O)Nc2ccc3ccccc3c2)cc1OC.